The van der Waals surface area contributed by atoms with E-state index in [0.717, 1.165) is 12.4 Å². The van der Waals surface area contributed by atoms with Gasteiger partial charge in [0.15, 0.2) is 0 Å². The zero-order valence-corrected chi connectivity index (χ0v) is 15.6. The minimum absolute atomic E-state index is 0.108. The zero-order valence-electron chi connectivity index (χ0n) is 15.6. The number of halogens is 3. The molecule has 1 aliphatic rings. The molecule has 1 amide bonds. The van der Waals surface area contributed by atoms with Gasteiger partial charge in [-0.1, -0.05) is 0 Å². The fraction of sp³-hybridized carbons (Fsp3) is 0.368. The van der Waals surface area contributed by atoms with Crippen LogP contribution in [0.4, 0.5) is 19.0 Å². The summed E-state index contributed by atoms with van der Waals surface area (Å²) >= 11 is 0. The maximum atomic E-state index is 12.8. The van der Waals surface area contributed by atoms with Crippen molar-refractivity contribution in [3.8, 4) is 0 Å². The summed E-state index contributed by atoms with van der Waals surface area (Å²) in [6.07, 6.45) is -2.48. The van der Waals surface area contributed by atoms with E-state index >= 15 is 0 Å². The van der Waals surface area contributed by atoms with Gasteiger partial charge in [0.1, 0.15) is 17.8 Å². The Kier molecular flexibility index (Phi) is 6.00. The lowest BCUT2D eigenvalue weighted by Crippen LogP contribution is -2.45. The van der Waals surface area contributed by atoms with Gasteiger partial charge in [0.2, 0.25) is 0 Å². The summed E-state index contributed by atoms with van der Waals surface area (Å²) in [6, 6.07) is 6.92. The van der Waals surface area contributed by atoms with Crippen molar-refractivity contribution in [2.45, 2.75) is 25.1 Å². The molecule has 154 valence electrons. The summed E-state index contributed by atoms with van der Waals surface area (Å²) in [5.41, 5.74) is -0.223. The number of alkyl halides is 3. The quantitative estimate of drug-likeness (QED) is 0.784. The first-order chi connectivity index (χ1) is 13.8. The van der Waals surface area contributed by atoms with Gasteiger partial charge in [-0.05, 0) is 37.1 Å². The summed E-state index contributed by atoms with van der Waals surface area (Å²) in [5, 5.41) is 2.91. The third-order valence-corrected chi connectivity index (χ3v) is 4.67. The van der Waals surface area contributed by atoms with Gasteiger partial charge in [0.25, 0.3) is 5.91 Å². The van der Waals surface area contributed by atoms with Crippen LogP contribution in [0.5, 0.6) is 0 Å². The van der Waals surface area contributed by atoms with E-state index in [1.165, 1.54) is 31.4 Å². The van der Waals surface area contributed by atoms with Crippen LogP contribution in [0.1, 0.15) is 39.3 Å². The first kappa shape index (κ1) is 20.6. The molecule has 1 aromatic heterocycles. The van der Waals surface area contributed by atoms with Gasteiger partial charge in [0, 0.05) is 30.8 Å². The topological polar surface area (TPSA) is 84.4 Å². The molecule has 10 heteroatoms. The van der Waals surface area contributed by atoms with Crippen LogP contribution in [0, 0.1) is 0 Å². The molecule has 1 aliphatic heterocycles. The van der Waals surface area contributed by atoms with Crippen LogP contribution in [-0.2, 0) is 10.9 Å². The Morgan fingerprint density at radius 3 is 2.31 bits per heavy atom. The molecule has 0 aliphatic carbocycles. The molecule has 0 spiro atoms. The largest absolute Gasteiger partial charge is 0.465 e. The van der Waals surface area contributed by atoms with Gasteiger partial charge in [-0.3, -0.25) is 4.79 Å². The Morgan fingerprint density at radius 2 is 1.72 bits per heavy atom. The van der Waals surface area contributed by atoms with E-state index in [-0.39, 0.29) is 17.8 Å². The molecule has 0 radical (unpaired) electrons. The molecular formula is C19H19F3N4O3. The number of carbonyl (C=O) groups excluding carboxylic acids is 2. The lowest BCUT2D eigenvalue weighted by atomic mass is 10.0. The fourth-order valence-corrected chi connectivity index (χ4v) is 3.07. The number of hydrogen-bond acceptors (Lipinski definition) is 6. The second kappa shape index (κ2) is 8.46. The first-order valence-electron chi connectivity index (χ1n) is 8.91. The average molecular weight is 408 g/mol. The third-order valence-electron chi connectivity index (χ3n) is 4.67. The third kappa shape index (κ3) is 5.01. The van der Waals surface area contributed by atoms with Crippen LogP contribution < -0.4 is 10.2 Å². The number of anilines is 1. The van der Waals surface area contributed by atoms with Gasteiger partial charge >= 0.3 is 12.1 Å². The minimum atomic E-state index is -4.52. The van der Waals surface area contributed by atoms with Crippen molar-refractivity contribution in [1.82, 2.24) is 15.3 Å². The van der Waals surface area contributed by atoms with Gasteiger partial charge in [-0.2, -0.15) is 13.2 Å². The summed E-state index contributed by atoms with van der Waals surface area (Å²) in [5.74, 6) is -0.542. The van der Waals surface area contributed by atoms with E-state index in [1.54, 1.807) is 4.90 Å². The highest BCUT2D eigenvalue weighted by molar-refractivity contribution is 5.96. The van der Waals surface area contributed by atoms with E-state index in [1.807, 2.05) is 0 Å². The maximum Gasteiger partial charge on any atom is 0.433 e. The number of carbonyl (C=O) groups is 2. The Morgan fingerprint density at radius 1 is 1.10 bits per heavy atom. The Balaban J connectivity index is 1.56. The first-order valence-corrected chi connectivity index (χ1v) is 8.91. The molecule has 1 aromatic carbocycles. The lowest BCUT2D eigenvalue weighted by molar-refractivity contribution is -0.141. The minimum Gasteiger partial charge on any atom is -0.465 e. The van der Waals surface area contributed by atoms with Crippen molar-refractivity contribution < 1.29 is 27.5 Å². The van der Waals surface area contributed by atoms with Gasteiger partial charge in [-0.25, -0.2) is 14.8 Å². The molecule has 0 bridgehead atoms. The second-order valence-electron chi connectivity index (χ2n) is 6.56. The van der Waals surface area contributed by atoms with E-state index in [4.69, 9.17) is 0 Å². The van der Waals surface area contributed by atoms with E-state index in [2.05, 4.69) is 20.0 Å². The van der Waals surface area contributed by atoms with Crippen LogP contribution >= 0.6 is 0 Å². The van der Waals surface area contributed by atoms with Crippen molar-refractivity contribution in [2.75, 3.05) is 25.1 Å². The van der Waals surface area contributed by atoms with E-state index < -0.39 is 17.8 Å². The van der Waals surface area contributed by atoms with Crippen molar-refractivity contribution in [1.29, 1.82) is 0 Å². The molecule has 29 heavy (non-hydrogen) atoms. The molecule has 0 unspecified atom stereocenters. The standard InChI is InChI=1S/C19H19F3N4O3/c1-29-18(28)13-4-2-12(3-5-13)17(27)25-14-6-8-26(9-7-14)16-10-15(19(20,21)22)23-11-24-16/h2-5,10-11,14H,6-9H2,1H3,(H,25,27). The summed E-state index contributed by atoms with van der Waals surface area (Å²) < 4.78 is 43.0. The fourth-order valence-electron chi connectivity index (χ4n) is 3.07. The number of nitrogens with zero attached hydrogens (tertiary/aromatic N) is 3. The Hall–Kier alpha value is -3.17. The molecule has 2 heterocycles. The van der Waals surface area contributed by atoms with Crippen LogP contribution in [0.2, 0.25) is 0 Å². The zero-order chi connectivity index (χ0) is 21.0. The number of aromatic nitrogens is 2. The van der Waals surface area contributed by atoms with Crippen molar-refractivity contribution in [3.63, 3.8) is 0 Å². The van der Waals surface area contributed by atoms with Crippen LogP contribution in [0.3, 0.4) is 0 Å². The smallest absolute Gasteiger partial charge is 0.433 e. The van der Waals surface area contributed by atoms with E-state index in [9.17, 15) is 22.8 Å². The Labute approximate surface area is 164 Å². The number of piperidine rings is 1. The number of hydrogen-bond donors (Lipinski definition) is 1. The molecule has 1 saturated heterocycles. The molecule has 0 atom stereocenters. The van der Waals surface area contributed by atoms with Crippen LogP contribution in [0.25, 0.3) is 0 Å². The lowest BCUT2D eigenvalue weighted by Gasteiger charge is -2.33. The molecular weight excluding hydrogens is 389 g/mol. The number of methoxy groups -OCH3 is 1. The number of benzene rings is 1. The van der Waals surface area contributed by atoms with E-state index in [0.29, 0.717) is 37.1 Å². The van der Waals surface area contributed by atoms with Gasteiger partial charge < -0.3 is 15.0 Å². The number of esters is 1. The normalized spacial score (nSPS) is 15.1. The number of amides is 1. The summed E-state index contributed by atoms with van der Waals surface area (Å²) in [7, 11) is 1.28. The summed E-state index contributed by atoms with van der Waals surface area (Å²) in [6.45, 7) is 0.918. The molecule has 2 aromatic rings. The van der Waals surface area contributed by atoms with Crippen molar-refractivity contribution in [3.05, 3.63) is 53.5 Å². The molecule has 3 rings (SSSR count). The summed E-state index contributed by atoms with van der Waals surface area (Å²) in [4.78, 5) is 32.8. The maximum absolute atomic E-state index is 12.8. The molecule has 1 fully saturated rings. The van der Waals surface area contributed by atoms with Crippen molar-refractivity contribution >= 4 is 17.7 Å². The highest BCUT2D eigenvalue weighted by Gasteiger charge is 2.33. The van der Waals surface area contributed by atoms with Gasteiger partial charge in [-0.15, -0.1) is 0 Å². The highest BCUT2D eigenvalue weighted by atomic mass is 19.4. The average Bonchev–Trinajstić information content (AvgIpc) is 2.73. The van der Waals surface area contributed by atoms with Crippen LogP contribution in [-0.4, -0.2) is 48.1 Å². The Bertz CT molecular complexity index is 879. The predicted molar refractivity (Wildman–Crippen MR) is 97.5 cm³/mol. The van der Waals surface area contributed by atoms with Crippen molar-refractivity contribution in [2.24, 2.45) is 0 Å². The molecule has 0 saturated carbocycles. The second-order valence-corrected chi connectivity index (χ2v) is 6.56. The SMILES string of the molecule is COC(=O)c1ccc(C(=O)NC2CCN(c3cc(C(F)(F)F)ncn3)CC2)cc1. The highest BCUT2D eigenvalue weighted by Crippen LogP contribution is 2.29. The predicted octanol–water partition coefficient (Wildman–Crippen LogP) is 2.68. The number of ether oxygens (including phenoxy) is 1. The monoisotopic (exact) mass is 408 g/mol. The number of nitrogens with one attached hydrogen (secondary N) is 1. The number of rotatable bonds is 4. The molecule has 1 N–H and O–H groups in total. The molecule has 7 nitrogen and oxygen atoms in total. The van der Waals surface area contributed by atoms with Gasteiger partial charge in [0.05, 0.1) is 12.7 Å². The van der Waals surface area contributed by atoms with Crippen LogP contribution in [0.15, 0.2) is 36.7 Å².